The summed E-state index contributed by atoms with van der Waals surface area (Å²) in [7, 11) is 0. The van der Waals surface area contributed by atoms with Crippen molar-refractivity contribution in [1.29, 1.82) is 0 Å². The van der Waals surface area contributed by atoms with Gasteiger partial charge in [-0.15, -0.1) is 0 Å². The molecule has 1 aromatic carbocycles. The summed E-state index contributed by atoms with van der Waals surface area (Å²) in [5.41, 5.74) is 7.77. The van der Waals surface area contributed by atoms with Crippen LogP contribution < -0.4 is 5.73 Å². The normalized spacial score (nSPS) is 11.3. The van der Waals surface area contributed by atoms with Crippen LogP contribution in [0.15, 0.2) is 46.9 Å². The van der Waals surface area contributed by atoms with Gasteiger partial charge in [0.2, 0.25) is 0 Å². The Morgan fingerprint density at radius 3 is 2.74 bits per heavy atom. The van der Waals surface area contributed by atoms with Gasteiger partial charge in [0.15, 0.2) is 0 Å². The summed E-state index contributed by atoms with van der Waals surface area (Å²) in [6.45, 7) is 3.48. The van der Waals surface area contributed by atoms with Crippen molar-refractivity contribution in [3.8, 4) is 0 Å². The molecule has 0 aliphatic rings. The van der Waals surface area contributed by atoms with E-state index in [1.54, 1.807) is 0 Å². The molecular weight excluding hydrogens is 238 g/mol. The Balaban J connectivity index is 1.77. The van der Waals surface area contributed by atoms with Crippen molar-refractivity contribution >= 4 is 6.08 Å². The van der Waals surface area contributed by atoms with Crippen molar-refractivity contribution in [2.24, 2.45) is 5.73 Å². The van der Waals surface area contributed by atoms with Crippen LogP contribution in [0.3, 0.4) is 0 Å². The Hall–Kier alpha value is -1.84. The predicted molar refractivity (Wildman–Crippen MR) is 76.5 cm³/mol. The van der Waals surface area contributed by atoms with Gasteiger partial charge >= 0.3 is 0 Å². The number of hydrogen-bond acceptors (Lipinski definition) is 3. The molecule has 0 spiro atoms. The third kappa shape index (κ3) is 4.09. The molecule has 0 atom stereocenters. The largest absolute Gasteiger partial charge is 0.465 e. The third-order valence-electron chi connectivity index (χ3n) is 2.85. The molecule has 0 saturated heterocycles. The fourth-order valence-electron chi connectivity index (χ4n) is 1.82. The Morgan fingerprint density at radius 1 is 1.26 bits per heavy atom. The number of benzene rings is 1. The highest BCUT2D eigenvalue weighted by molar-refractivity contribution is 5.48. The molecule has 3 heteroatoms. The van der Waals surface area contributed by atoms with E-state index in [4.69, 9.17) is 14.9 Å². The summed E-state index contributed by atoms with van der Waals surface area (Å²) in [4.78, 5) is 0. The number of hydrogen-bond donors (Lipinski definition) is 1. The van der Waals surface area contributed by atoms with Gasteiger partial charge in [0.25, 0.3) is 0 Å². The lowest BCUT2D eigenvalue weighted by molar-refractivity contribution is 0.148. The lowest BCUT2D eigenvalue weighted by Gasteiger charge is -1.99. The predicted octanol–water partition coefficient (Wildman–Crippen LogP) is 3.28. The van der Waals surface area contributed by atoms with Crippen LogP contribution in [0.5, 0.6) is 0 Å². The minimum absolute atomic E-state index is 0.425. The van der Waals surface area contributed by atoms with Crippen molar-refractivity contribution < 1.29 is 9.15 Å². The Kier molecular flexibility index (Phi) is 4.95. The maximum atomic E-state index is 5.59. The van der Waals surface area contributed by atoms with Gasteiger partial charge in [-0.1, -0.05) is 42.5 Å². The molecule has 2 N–H and O–H groups in total. The van der Waals surface area contributed by atoms with Crippen molar-refractivity contribution in [2.45, 2.75) is 20.1 Å². The van der Waals surface area contributed by atoms with Crippen LogP contribution in [0.1, 0.15) is 22.6 Å². The minimum atomic E-state index is 0.425. The lowest BCUT2D eigenvalue weighted by Crippen LogP contribution is -1.94. The molecular formula is C16H19NO2. The first-order valence-electron chi connectivity index (χ1n) is 6.37. The molecule has 2 rings (SSSR count). The minimum Gasteiger partial charge on any atom is -0.465 e. The highest BCUT2D eigenvalue weighted by atomic mass is 16.5. The average Bonchev–Trinajstić information content (AvgIpc) is 2.80. The van der Waals surface area contributed by atoms with E-state index in [9.17, 15) is 0 Å². The monoisotopic (exact) mass is 257 g/mol. The van der Waals surface area contributed by atoms with E-state index in [2.05, 4.69) is 12.1 Å². The standard InChI is InChI=1S/C16H19NO2/c1-13-15(10-16(11-17)19-13)12-18-9-5-8-14-6-3-2-4-7-14/h2-8,10H,9,11-12,17H2,1H3. The average molecular weight is 257 g/mol. The van der Waals surface area contributed by atoms with Gasteiger partial charge < -0.3 is 14.9 Å². The maximum Gasteiger partial charge on any atom is 0.118 e. The van der Waals surface area contributed by atoms with Gasteiger partial charge in [-0.3, -0.25) is 0 Å². The molecule has 0 amide bonds. The first kappa shape index (κ1) is 13.6. The van der Waals surface area contributed by atoms with Crippen molar-refractivity contribution in [3.63, 3.8) is 0 Å². The zero-order chi connectivity index (χ0) is 13.5. The molecule has 3 nitrogen and oxygen atoms in total. The van der Waals surface area contributed by atoms with Crippen molar-refractivity contribution in [2.75, 3.05) is 6.61 Å². The highest BCUT2D eigenvalue weighted by Gasteiger charge is 2.05. The van der Waals surface area contributed by atoms with Crippen LogP contribution >= 0.6 is 0 Å². The van der Waals surface area contributed by atoms with Crippen molar-refractivity contribution in [3.05, 3.63) is 65.1 Å². The lowest BCUT2D eigenvalue weighted by atomic mass is 10.2. The zero-order valence-corrected chi connectivity index (χ0v) is 11.1. The Labute approximate surface area is 113 Å². The summed E-state index contributed by atoms with van der Waals surface area (Å²) in [5, 5.41) is 0. The molecule has 1 heterocycles. The summed E-state index contributed by atoms with van der Waals surface area (Å²) < 4.78 is 11.1. The first-order chi connectivity index (χ1) is 9.29. The maximum absolute atomic E-state index is 5.59. The molecule has 0 unspecified atom stereocenters. The molecule has 0 aliphatic carbocycles. The summed E-state index contributed by atoms with van der Waals surface area (Å²) >= 11 is 0. The summed E-state index contributed by atoms with van der Waals surface area (Å²) in [6.07, 6.45) is 4.06. The SMILES string of the molecule is Cc1oc(CN)cc1COCC=Cc1ccccc1. The molecule has 0 saturated carbocycles. The van der Waals surface area contributed by atoms with Gasteiger partial charge in [-0.25, -0.2) is 0 Å². The van der Waals surface area contributed by atoms with Gasteiger partial charge in [-0.05, 0) is 18.6 Å². The van der Waals surface area contributed by atoms with Crippen LogP contribution in [0.25, 0.3) is 6.08 Å². The molecule has 0 fully saturated rings. The van der Waals surface area contributed by atoms with Gasteiger partial charge in [0, 0.05) is 5.56 Å². The van der Waals surface area contributed by atoms with E-state index in [1.807, 2.05) is 43.3 Å². The molecule has 2 aromatic rings. The first-order valence-corrected chi connectivity index (χ1v) is 6.37. The van der Waals surface area contributed by atoms with Crippen LogP contribution in [-0.4, -0.2) is 6.61 Å². The quantitative estimate of drug-likeness (QED) is 0.808. The van der Waals surface area contributed by atoms with Gasteiger partial charge in [-0.2, -0.15) is 0 Å². The smallest absolute Gasteiger partial charge is 0.118 e. The fourth-order valence-corrected chi connectivity index (χ4v) is 1.82. The zero-order valence-electron chi connectivity index (χ0n) is 11.1. The molecule has 19 heavy (non-hydrogen) atoms. The van der Waals surface area contributed by atoms with Gasteiger partial charge in [0.1, 0.15) is 11.5 Å². The molecule has 0 aliphatic heterocycles. The fraction of sp³-hybridized carbons (Fsp3) is 0.250. The topological polar surface area (TPSA) is 48.4 Å². The Morgan fingerprint density at radius 2 is 2.05 bits per heavy atom. The molecule has 0 bridgehead atoms. The number of ether oxygens (including phenoxy) is 1. The molecule has 100 valence electrons. The van der Waals surface area contributed by atoms with E-state index in [-0.39, 0.29) is 0 Å². The van der Waals surface area contributed by atoms with Crippen LogP contribution in [-0.2, 0) is 17.9 Å². The highest BCUT2D eigenvalue weighted by Crippen LogP contribution is 2.15. The second-order valence-corrected chi connectivity index (χ2v) is 4.33. The third-order valence-corrected chi connectivity index (χ3v) is 2.85. The van der Waals surface area contributed by atoms with Crippen LogP contribution in [0.2, 0.25) is 0 Å². The van der Waals surface area contributed by atoms with Crippen LogP contribution in [0, 0.1) is 6.92 Å². The number of rotatable bonds is 6. The Bertz CT molecular complexity index is 529. The molecule has 0 radical (unpaired) electrons. The molecule has 1 aromatic heterocycles. The van der Waals surface area contributed by atoms with Gasteiger partial charge in [0.05, 0.1) is 19.8 Å². The van der Waals surface area contributed by atoms with Crippen molar-refractivity contribution in [1.82, 2.24) is 0 Å². The van der Waals surface area contributed by atoms with E-state index in [1.165, 1.54) is 5.56 Å². The second-order valence-electron chi connectivity index (χ2n) is 4.33. The van der Waals surface area contributed by atoms with E-state index in [0.717, 1.165) is 17.1 Å². The number of nitrogens with two attached hydrogens (primary N) is 1. The summed E-state index contributed by atoms with van der Waals surface area (Å²) in [5.74, 6) is 1.68. The van der Waals surface area contributed by atoms with Crippen LogP contribution in [0.4, 0.5) is 0 Å². The van der Waals surface area contributed by atoms with E-state index >= 15 is 0 Å². The second kappa shape index (κ2) is 6.92. The van der Waals surface area contributed by atoms with E-state index < -0.39 is 0 Å². The summed E-state index contributed by atoms with van der Waals surface area (Å²) in [6, 6.07) is 12.1. The number of furan rings is 1. The van der Waals surface area contributed by atoms with E-state index in [0.29, 0.717) is 19.8 Å². The number of aryl methyl sites for hydroxylation is 1.